The van der Waals surface area contributed by atoms with E-state index in [0.29, 0.717) is 0 Å². The van der Waals surface area contributed by atoms with E-state index in [1.807, 2.05) is 0 Å². The molecule has 0 unspecified atom stereocenters. The first-order chi connectivity index (χ1) is 9.83. The zero-order valence-corrected chi connectivity index (χ0v) is 12.5. The van der Waals surface area contributed by atoms with E-state index in [9.17, 15) is 0 Å². The predicted molar refractivity (Wildman–Crippen MR) is 79.7 cm³/mol. The maximum Gasteiger partial charge on any atom is 0.127 e. The van der Waals surface area contributed by atoms with Gasteiger partial charge in [-0.25, -0.2) is 0 Å². The molecule has 0 radical (unpaired) electrons. The standard InChI is InChI=1S/C16H24N2O2/c1-19-15-10-12(11-18-8-6-17-7-9-18)16(20-2)14-5-3-4-13(14)15/h10,17H,3-9,11H2,1-2H3. The Bertz CT molecular complexity index is 482. The summed E-state index contributed by atoms with van der Waals surface area (Å²) in [5.74, 6) is 2.14. The van der Waals surface area contributed by atoms with Crippen molar-refractivity contribution in [3.63, 3.8) is 0 Å². The van der Waals surface area contributed by atoms with Crippen molar-refractivity contribution in [3.05, 3.63) is 22.8 Å². The number of hydrogen-bond acceptors (Lipinski definition) is 4. The van der Waals surface area contributed by atoms with Gasteiger partial charge in [-0.05, 0) is 25.3 Å². The molecule has 4 heteroatoms. The zero-order valence-electron chi connectivity index (χ0n) is 12.5. The van der Waals surface area contributed by atoms with Crippen LogP contribution in [0.25, 0.3) is 0 Å². The van der Waals surface area contributed by atoms with Crippen molar-refractivity contribution in [2.24, 2.45) is 0 Å². The van der Waals surface area contributed by atoms with Crippen molar-refractivity contribution in [2.45, 2.75) is 25.8 Å². The van der Waals surface area contributed by atoms with Gasteiger partial charge in [-0.2, -0.15) is 0 Å². The van der Waals surface area contributed by atoms with Gasteiger partial charge in [-0.15, -0.1) is 0 Å². The number of methoxy groups -OCH3 is 2. The summed E-state index contributed by atoms with van der Waals surface area (Å²) >= 11 is 0. The van der Waals surface area contributed by atoms with E-state index in [1.54, 1.807) is 14.2 Å². The summed E-state index contributed by atoms with van der Waals surface area (Å²) in [6.45, 7) is 5.30. The van der Waals surface area contributed by atoms with Crippen molar-refractivity contribution < 1.29 is 9.47 Å². The van der Waals surface area contributed by atoms with Crippen LogP contribution in [0, 0.1) is 0 Å². The zero-order chi connectivity index (χ0) is 13.9. The fraction of sp³-hybridized carbons (Fsp3) is 0.625. The average molecular weight is 276 g/mol. The van der Waals surface area contributed by atoms with Gasteiger partial charge >= 0.3 is 0 Å². The molecule has 1 aromatic carbocycles. The van der Waals surface area contributed by atoms with Gasteiger partial charge in [0.2, 0.25) is 0 Å². The smallest absolute Gasteiger partial charge is 0.127 e. The van der Waals surface area contributed by atoms with E-state index in [1.165, 1.54) is 23.1 Å². The Morgan fingerprint density at radius 2 is 1.85 bits per heavy atom. The highest BCUT2D eigenvalue weighted by Crippen LogP contribution is 2.40. The lowest BCUT2D eigenvalue weighted by Crippen LogP contribution is -2.42. The van der Waals surface area contributed by atoms with Crippen LogP contribution in [0.15, 0.2) is 6.07 Å². The maximum atomic E-state index is 5.73. The molecule has 0 spiro atoms. The molecule has 0 bridgehead atoms. The van der Waals surface area contributed by atoms with Crippen LogP contribution in [0.3, 0.4) is 0 Å². The minimum atomic E-state index is 0.953. The fourth-order valence-electron chi connectivity index (χ4n) is 3.43. The van der Waals surface area contributed by atoms with E-state index >= 15 is 0 Å². The number of benzene rings is 1. The minimum Gasteiger partial charge on any atom is -0.496 e. The second-order valence-corrected chi connectivity index (χ2v) is 5.61. The number of hydrogen-bond donors (Lipinski definition) is 1. The van der Waals surface area contributed by atoms with Crippen molar-refractivity contribution in [2.75, 3.05) is 40.4 Å². The second kappa shape index (κ2) is 6.02. The molecule has 1 saturated heterocycles. The highest BCUT2D eigenvalue weighted by Gasteiger charge is 2.24. The minimum absolute atomic E-state index is 0.953. The number of nitrogens with one attached hydrogen (secondary N) is 1. The molecule has 1 N–H and O–H groups in total. The SMILES string of the molecule is COc1cc(CN2CCNCC2)c(OC)c2c1CCC2. The Morgan fingerprint density at radius 1 is 1.10 bits per heavy atom. The molecule has 0 saturated carbocycles. The van der Waals surface area contributed by atoms with E-state index in [2.05, 4.69) is 16.3 Å². The summed E-state index contributed by atoms with van der Waals surface area (Å²) in [5, 5.41) is 3.40. The molecule has 1 aliphatic carbocycles. The van der Waals surface area contributed by atoms with Crippen LogP contribution in [0.5, 0.6) is 11.5 Å². The Hall–Kier alpha value is -1.26. The lowest BCUT2D eigenvalue weighted by Gasteiger charge is -2.28. The van der Waals surface area contributed by atoms with Crippen LogP contribution >= 0.6 is 0 Å². The topological polar surface area (TPSA) is 33.7 Å². The van der Waals surface area contributed by atoms with Crippen LogP contribution in [0.1, 0.15) is 23.1 Å². The molecule has 0 aromatic heterocycles. The first kappa shape index (κ1) is 13.7. The Morgan fingerprint density at radius 3 is 2.55 bits per heavy atom. The van der Waals surface area contributed by atoms with Crippen molar-refractivity contribution in [3.8, 4) is 11.5 Å². The molecule has 1 aliphatic heterocycles. The molecule has 20 heavy (non-hydrogen) atoms. The number of piperazine rings is 1. The number of rotatable bonds is 4. The number of ether oxygens (including phenoxy) is 2. The summed E-state index contributed by atoms with van der Waals surface area (Å²) in [5.41, 5.74) is 4.00. The number of fused-ring (bicyclic) bond motifs is 1. The average Bonchev–Trinajstić information content (AvgIpc) is 2.97. The van der Waals surface area contributed by atoms with E-state index in [-0.39, 0.29) is 0 Å². The molecule has 3 rings (SSSR count). The first-order valence-electron chi connectivity index (χ1n) is 7.52. The lowest BCUT2D eigenvalue weighted by atomic mass is 10.0. The summed E-state index contributed by atoms with van der Waals surface area (Å²) in [6.07, 6.45) is 3.44. The van der Waals surface area contributed by atoms with Crippen molar-refractivity contribution in [1.82, 2.24) is 10.2 Å². The molecule has 4 nitrogen and oxygen atoms in total. The molecule has 110 valence electrons. The van der Waals surface area contributed by atoms with E-state index in [0.717, 1.165) is 57.1 Å². The second-order valence-electron chi connectivity index (χ2n) is 5.61. The lowest BCUT2D eigenvalue weighted by molar-refractivity contribution is 0.229. The van der Waals surface area contributed by atoms with Gasteiger partial charge in [0.25, 0.3) is 0 Å². The van der Waals surface area contributed by atoms with Crippen LogP contribution < -0.4 is 14.8 Å². The van der Waals surface area contributed by atoms with Gasteiger partial charge < -0.3 is 14.8 Å². The number of nitrogens with zero attached hydrogens (tertiary/aromatic N) is 1. The van der Waals surface area contributed by atoms with Crippen LogP contribution in [-0.2, 0) is 19.4 Å². The van der Waals surface area contributed by atoms with Gasteiger partial charge in [0.15, 0.2) is 0 Å². The van der Waals surface area contributed by atoms with Crippen LogP contribution in [0.2, 0.25) is 0 Å². The summed E-state index contributed by atoms with van der Waals surface area (Å²) in [4.78, 5) is 2.48. The highest BCUT2D eigenvalue weighted by molar-refractivity contribution is 5.55. The van der Waals surface area contributed by atoms with Crippen LogP contribution in [0.4, 0.5) is 0 Å². The van der Waals surface area contributed by atoms with Crippen molar-refractivity contribution in [1.29, 1.82) is 0 Å². The fourth-order valence-corrected chi connectivity index (χ4v) is 3.43. The van der Waals surface area contributed by atoms with Crippen molar-refractivity contribution >= 4 is 0 Å². The summed E-state index contributed by atoms with van der Waals surface area (Å²) in [7, 11) is 3.57. The van der Waals surface area contributed by atoms with Gasteiger partial charge in [0, 0.05) is 49.4 Å². The quantitative estimate of drug-likeness (QED) is 0.905. The maximum absolute atomic E-state index is 5.73. The van der Waals surface area contributed by atoms with Gasteiger partial charge in [0.1, 0.15) is 11.5 Å². The summed E-state index contributed by atoms with van der Waals surface area (Å²) < 4.78 is 11.3. The largest absolute Gasteiger partial charge is 0.496 e. The highest BCUT2D eigenvalue weighted by atomic mass is 16.5. The van der Waals surface area contributed by atoms with Gasteiger partial charge in [0.05, 0.1) is 14.2 Å². The Balaban J connectivity index is 1.92. The predicted octanol–water partition coefficient (Wildman–Crippen LogP) is 1.60. The molecule has 2 aliphatic rings. The van der Waals surface area contributed by atoms with Gasteiger partial charge in [-0.3, -0.25) is 4.90 Å². The normalized spacial score (nSPS) is 18.9. The molecule has 1 heterocycles. The Kier molecular flexibility index (Phi) is 4.13. The molecule has 0 atom stereocenters. The Labute approximate surface area is 121 Å². The molecular formula is C16H24N2O2. The van der Waals surface area contributed by atoms with Gasteiger partial charge in [-0.1, -0.05) is 0 Å². The third-order valence-electron chi connectivity index (χ3n) is 4.41. The third-order valence-corrected chi connectivity index (χ3v) is 4.41. The molecule has 1 aromatic rings. The third kappa shape index (κ3) is 2.50. The molecule has 0 amide bonds. The van der Waals surface area contributed by atoms with Crippen LogP contribution in [-0.4, -0.2) is 45.3 Å². The molecule has 1 fully saturated rings. The monoisotopic (exact) mass is 276 g/mol. The summed E-state index contributed by atoms with van der Waals surface area (Å²) in [6, 6.07) is 2.19. The first-order valence-corrected chi connectivity index (χ1v) is 7.52. The molecular weight excluding hydrogens is 252 g/mol. The van der Waals surface area contributed by atoms with E-state index < -0.39 is 0 Å². The van der Waals surface area contributed by atoms with E-state index in [4.69, 9.17) is 9.47 Å².